The molecule has 143 heavy (non-hydrogen) atoms. The molecule has 0 spiro atoms. The summed E-state index contributed by atoms with van der Waals surface area (Å²) in [4.78, 5) is 115. The molecule has 754 valence electrons. The molecule has 8 aromatic heterocycles. The highest BCUT2D eigenvalue weighted by atomic mass is 16.6. The zero-order chi connectivity index (χ0) is 103. The highest BCUT2D eigenvalue weighted by Gasteiger charge is 2.51. The summed E-state index contributed by atoms with van der Waals surface area (Å²) >= 11 is 0. The number of rotatable bonds is 35. The molecule has 0 saturated carbocycles. The number of aliphatic hydroxyl groups is 8. The lowest BCUT2D eigenvalue weighted by Gasteiger charge is -2.23. The molecule has 52 nitrogen and oxygen atoms in total. The third kappa shape index (κ3) is 24.5. The van der Waals surface area contributed by atoms with Gasteiger partial charge in [0, 0.05) is 77.5 Å². The first kappa shape index (κ1) is 105. The first-order valence-corrected chi connectivity index (χ1v) is 44.8. The Balaban J connectivity index is 0.000000160. The number of fused-ring (bicyclic) bond motifs is 4. The van der Waals surface area contributed by atoms with Gasteiger partial charge in [0.15, 0.2) is 92.8 Å². The minimum atomic E-state index is -1.21. The molecule has 4 saturated heterocycles. The van der Waals surface area contributed by atoms with E-state index in [1.807, 2.05) is 68.5 Å². The van der Waals surface area contributed by atoms with Crippen molar-refractivity contribution in [3.8, 4) is 36.2 Å². The van der Waals surface area contributed by atoms with E-state index < -0.39 is 172 Å². The fraction of sp³-hybridized carbons (Fsp3) is 0.429. The molecular formula is C91H112N34O18. The number of hydrogen-bond donors (Lipinski definition) is 16. The number of nitrogens with two attached hydrogens (primary N) is 4. The molecule has 16 rings (SSSR count). The number of amides is 4. The predicted molar refractivity (Wildman–Crippen MR) is 517 cm³/mol. The fourth-order valence-corrected chi connectivity index (χ4v) is 16.4. The number of hydrogen-bond acceptors (Lipinski definition) is 40. The maximum absolute atomic E-state index is 12.9. The van der Waals surface area contributed by atoms with Crippen LogP contribution in [0.3, 0.4) is 0 Å². The lowest BCUT2D eigenvalue weighted by molar-refractivity contribution is -0.124. The number of anilines is 4. The van der Waals surface area contributed by atoms with Crippen molar-refractivity contribution in [3.05, 3.63) is 196 Å². The Morgan fingerprint density at radius 1 is 0.420 bits per heavy atom. The molecule has 12 heterocycles. The normalized spacial score (nSPS) is 22.3. The maximum Gasteiger partial charge on any atom is 0.237 e. The second kappa shape index (κ2) is 48.4. The zero-order valence-electron chi connectivity index (χ0n) is 78.9. The summed E-state index contributed by atoms with van der Waals surface area (Å²) in [6.45, 7) is -1.05. The Kier molecular flexibility index (Phi) is 35.6. The summed E-state index contributed by atoms with van der Waals surface area (Å²) in [5.74, 6) is 6.60. The quantitative estimate of drug-likeness (QED) is 0.00700. The minimum Gasteiger partial charge on any atom is -0.493 e. The van der Waals surface area contributed by atoms with Crippen LogP contribution >= 0.6 is 0 Å². The molecule has 4 fully saturated rings. The van der Waals surface area contributed by atoms with E-state index in [2.05, 4.69) is 113 Å². The molecule has 4 aromatic carbocycles. The van der Waals surface area contributed by atoms with Crippen molar-refractivity contribution in [2.75, 3.05) is 122 Å². The van der Waals surface area contributed by atoms with Crippen LogP contribution in [0.25, 0.3) is 65.5 Å². The topological polar surface area (TPSA) is 723 Å². The van der Waals surface area contributed by atoms with Gasteiger partial charge in [-0.15, -0.1) is 12.8 Å². The third-order valence-corrected chi connectivity index (χ3v) is 23.7. The number of azide groups is 2. The van der Waals surface area contributed by atoms with Gasteiger partial charge in [0.2, 0.25) is 23.6 Å². The molecule has 20 atom stereocenters. The largest absolute Gasteiger partial charge is 0.493 e. The van der Waals surface area contributed by atoms with Gasteiger partial charge in [0.25, 0.3) is 0 Å². The van der Waals surface area contributed by atoms with Crippen LogP contribution in [0.15, 0.2) is 158 Å². The van der Waals surface area contributed by atoms with Gasteiger partial charge in [0.1, 0.15) is 92.2 Å². The summed E-state index contributed by atoms with van der Waals surface area (Å²) < 4.78 is 40.6. The van der Waals surface area contributed by atoms with Crippen molar-refractivity contribution in [1.82, 2.24) is 99.3 Å². The Morgan fingerprint density at radius 2 is 0.692 bits per heavy atom. The molecule has 20 N–H and O–H groups in total. The van der Waals surface area contributed by atoms with Crippen LogP contribution in [0.1, 0.15) is 52.7 Å². The highest BCUT2D eigenvalue weighted by Crippen LogP contribution is 2.39. The Bertz CT molecular complexity index is 6530. The molecule has 4 aliphatic heterocycles. The number of benzene rings is 4. The molecular weight excluding hydrogens is 1860 g/mol. The smallest absolute Gasteiger partial charge is 0.237 e. The number of terminal acetylenes is 2. The number of carbonyl (C=O) groups excluding carboxylic acids is 4. The van der Waals surface area contributed by atoms with Gasteiger partial charge >= 0.3 is 0 Å². The van der Waals surface area contributed by atoms with Gasteiger partial charge in [-0.3, -0.25) is 37.4 Å². The Hall–Kier alpha value is -15.1. The van der Waals surface area contributed by atoms with E-state index in [4.69, 9.17) is 75.3 Å². The van der Waals surface area contributed by atoms with Crippen molar-refractivity contribution in [3.63, 3.8) is 0 Å². The number of carbonyl (C=O) groups is 4. The fourth-order valence-electron chi connectivity index (χ4n) is 16.4. The molecule has 4 aliphatic rings. The standard InChI is InChI=1S/C24H29N7O5.C23H30N10O5.C23H27N7O4.C21H26N10O4/c1-4-9-35-15-7-5-14(6-8-15)10-16(25)23(34)29-18-17(11-32)36-24(20(18)33)31-13-28-19-21(30(2)3)26-12-27-22(19)31;1-32(2)20-18-21(27-11-26-20)33(12-28-18)23-19(35)17(16(10-34)38-23)30-22(36)15(24)9-13-3-5-14(6-4-13)37-8-7-29-31-25;1-4-13-5-7-14(8-6-13)9-15(24)22(33)28-17-16(10-31)34-23(19(17)32)30-12-27-18-20(29(2)3)25-11-26-21(18)30;1-30(2)18-16-19(25-9-24-18)31(10-26-16)21-17(33)15(14(8-32)35-21)27-20(34)13(22)7-11-3-5-12(6-4-11)28-29-23/h1,5-8,12-13,16-18,20,24,32-33H,9-11,25H2,2-3H3,(H,29,34);3-6,11-12,15-17,19,23,34-35H,7-10,24H2,1-2H3,(H,30,36);1,5-8,11-12,15-17,19,23,31-32H,9-10,24H2,2-3H3,(H,28,33);3-6,9-10,13-15,17,21,32-33H,7-8,22H2,1-2H3,(H,27,34). The number of ether oxygens (including phenoxy) is 6. The van der Waals surface area contributed by atoms with Crippen molar-refractivity contribution < 1.29 is 88.5 Å². The first-order valence-electron chi connectivity index (χ1n) is 44.8. The SMILES string of the molecule is C#CCOc1ccc(CC(N)C(=O)NC2C(CO)OC(n3cnc4c(N(C)C)ncnc43)C2O)cc1.C#Cc1ccc(CC(N)C(=O)NC2C(CO)OC(n3cnc4c(N(C)C)ncnc43)C2O)cc1.CN(C)c1ncnc2c1ncn2C1OC(CO)C(NC(=O)C(N)Cc2ccc(N=[N+]=[N-])cc2)C1O.CN(C)c1ncnc2c1ncn2C1OC(CO)C(NC(=O)C(N)Cc2ccc(OCCN=[N+]=[N-])cc2)C1O. The van der Waals surface area contributed by atoms with E-state index in [-0.39, 0.29) is 45.4 Å². The van der Waals surface area contributed by atoms with Gasteiger partial charge in [-0.05, 0) is 95.4 Å². The van der Waals surface area contributed by atoms with Crippen molar-refractivity contribution in [2.45, 2.75) is 148 Å². The van der Waals surface area contributed by atoms with Crippen LogP contribution in [0.5, 0.6) is 11.5 Å². The van der Waals surface area contributed by atoms with Crippen LogP contribution < -0.4 is 73.3 Å². The number of nitrogens with zero attached hydrogens (tertiary/aromatic N) is 26. The molecule has 4 amide bonds. The zero-order valence-corrected chi connectivity index (χ0v) is 78.9. The monoisotopic (exact) mass is 1970 g/mol. The van der Waals surface area contributed by atoms with Gasteiger partial charge in [-0.1, -0.05) is 82.7 Å². The lowest BCUT2D eigenvalue weighted by Crippen LogP contribution is -2.53. The summed E-state index contributed by atoms with van der Waals surface area (Å²) in [6.07, 6.45) is 11.1. The number of imidazole rings is 4. The Morgan fingerprint density at radius 3 is 0.944 bits per heavy atom. The van der Waals surface area contributed by atoms with Crippen LogP contribution in [0, 0.1) is 24.7 Å². The first-order chi connectivity index (χ1) is 68.8. The summed E-state index contributed by atoms with van der Waals surface area (Å²) in [6, 6.07) is 20.8. The summed E-state index contributed by atoms with van der Waals surface area (Å²) in [7, 11) is 14.6. The van der Waals surface area contributed by atoms with Crippen LogP contribution in [-0.4, -0.2) is 342 Å². The molecule has 12 aromatic rings. The van der Waals surface area contributed by atoms with E-state index in [1.165, 1.54) is 50.6 Å². The highest BCUT2D eigenvalue weighted by molar-refractivity contribution is 5.88. The second-order valence-electron chi connectivity index (χ2n) is 34.3. The third-order valence-electron chi connectivity index (χ3n) is 23.7. The summed E-state index contributed by atoms with van der Waals surface area (Å²) in [5.41, 5.74) is 49.6. The van der Waals surface area contributed by atoms with Gasteiger partial charge in [-0.2, -0.15) is 0 Å². The Labute approximate surface area is 817 Å². The van der Waals surface area contributed by atoms with E-state index in [0.717, 1.165) is 27.8 Å². The van der Waals surface area contributed by atoms with Gasteiger partial charge in [0.05, 0.1) is 113 Å². The number of nitrogens with one attached hydrogen (secondary N) is 4. The van der Waals surface area contributed by atoms with Crippen LogP contribution in [0.4, 0.5) is 29.0 Å². The van der Waals surface area contributed by atoms with Gasteiger partial charge in [-0.25, -0.2) is 59.8 Å². The number of aromatic nitrogens is 16. The van der Waals surface area contributed by atoms with Crippen molar-refractivity contribution in [1.29, 1.82) is 0 Å². The van der Waals surface area contributed by atoms with Crippen molar-refractivity contribution >= 4 is 97.2 Å². The number of aliphatic hydroxyl groups excluding tert-OH is 8. The molecule has 0 aliphatic carbocycles. The minimum absolute atomic E-state index is 0.165. The van der Waals surface area contributed by atoms with E-state index >= 15 is 0 Å². The van der Waals surface area contributed by atoms with E-state index in [1.54, 1.807) is 123 Å². The predicted octanol–water partition coefficient (Wildman–Crippen LogP) is -1.59. The second-order valence-corrected chi connectivity index (χ2v) is 34.3. The molecule has 0 radical (unpaired) electrons. The van der Waals surface area contributed by atoms with Gasteiger partial charge < -0.3 is 133 Å². The van der Waals surface area contributed by atoms with Crippen LogP contribution in [0.2, 0.25) is 0 Å². The summed E-state index contributed by atoms with van der Waals surface area (Å²) in [5, 5.41) is 101. The molecule has 20 unspecified atom stereocenters. The van der Waals surface area contributed by atoms with E-state index in [0.29, 0.717) is 85.1 Å². The van der Waals surface area contributed by atoms with E-state index in [9.17, 15) is 60.0 Å². The molecule has 0 bridgehead atoms. The molecule has 52 heteroatoms. The average Bonchev–Trinajstić information content (AvgIpc) is 1.63. The maximum atomic E-state index is 12.9. The van der Waals surface area contributed by atoms with Crippen LogP contribution in [-0.2, 0) is 63.8 Å². The lowest BCUT2D eigenvalue weighted by atomic mass is 10.0. The van der Waals surface area contributed by atoms with Crippen molar-refractivity contribution in [2.24, 2.45) is 33.2 Å². The average molecular weight is 1970 g/mol.